The molecule has 0 aromatic carbocycles. The van der Waals surface area contributed by atoms with Crippen molar-refractivity contribution in [2.45, 2.75) is 39.0 Å². The quantitative estimate of drug-likeness (QED) is 0.752. The van der Waals surface area contributed by atoms with E-state index in [4.69, 9.17) is 5.26 Å². The smallest absolute Gasteiger partial charge is 0.135 e. The van der Waals surface area contributed by atoms with Gasteiger partial charge in [0, 0.05) is 25.1 Å². The third-order valence-corrected chi connectivity index (χ3v) is 3.45. The Kier molecular flexibility index (Phi) is 4.76. The maximum Gasteiger partial charge on any atom is 0.135 e. The van der Waals surface area contributed by atoms with Gasteiger partial charge in [-0.25, -0.2) is 9.97 Å². The lowest BCUT2D eigenvalue weighted by atomic mass is 10.2. The van der Waals surface area contributed by atoms with E-state index in [1.807, 2.05) is 6.07 Å². The summed E-state index contributed by atoms with van der Waals surface area (Å²) in [7, 11) is 0. The van der Waals surface area contributed by atoms with Gasteiger partial charge in [-0.15, -0.1) is 0 Å². The van der Waals surface area contributed by atoms with Crippen molar-refractivity contribution in [3.63, 3.8) is 0 Å². The molecule has 5 heteroatoms. The molecule has 0 saturated heterocycles. The zero-order valence-corrected chi connectivity index (χ0v) is 13.0. The van der Waals surface area contributed by atoms with Crippen LogP contribution in [0.5, 0.6) is 0 Å². The molecule has 0 unspecified atom stereocenters. The van der Waals surface area contributed by atoms with Crippen LogP contribution in [0.2, 0.25) is 0 Å². The number of nitriles is 1. The highest BCUT2D eigenvalue weighted by Gasteiger charge is 2.27. The van der Waals surface area contributed by atoms with Gasteiger partial charge in [-0.1, -0.05) is 13.8 Å². The monoisotopic (exact) mass is 322 g/mol. The minimum absolute atomic E-state index is 0.521. The van der Waals surface area contributed by atoms with Gasteiger partial charge in [0.2, 0.25) is 0 Å². The molecule has 0 N–H and O–H groups in total. The highest BCUT2D eigenvalue weighted by molar-refractivity contribution is 9.10. The van der Waals surface area contributed by atoms with Crippen LogP contribution < -0.4 is 4.90 Å². The third-order valence-electron chi connectivity index (χ3n) is 3.04. The lowest BCUT2D eigenvalue weighted by Gasteiger charge is -2.25. The molecule has 0 bridgehead atoms. The Balaban J connectivity index is 2.21. The fourth-order valence-corrected chi connectivity index (χ4v) is 2.42. The van der Waals surface area contributed by atoms with Gasteiger partial charge in [-0.3, -0.25) is 0 Å². The van der Waals surface area contributed by atoms with Gasteiger partial charge in [0.15, 0.2) is 0 Å². The van der Waals surface area contributed by atoms with E-state index in [0.29, 0.717) is 18.3 Å². The van der Waals surface area contributed by atoms with Crippen LogP contribution in [-0.2, 0) is 0 Å². The Morgan fingerprint density at radius 3 is 2.79 bits per heavy atom. The van der Waals surface area contributed by atoms with Crippen LogP contribution in [-0.4, -0.2) is 23.1 Å². The van der Waals surface area contributed by atoms with Crippen molar-refractivity contribution in [1.29, 1.82) is 5.26 Å². The zero-order valence-electron chi connectivity index (χ0n) is 11.4. The Hall–Kier alpha value is -1.15. The van der Waals surface area contributed by atoms with E-state index in [1.165, 1.54) is 12.8 Å². The Morgan fingerprint density at radius 2 is 2.21 bits per heavy atom. The number of rotatable bonds is 6. The second-order valence-electron chi connectivity index (χ2n) is 5.43. The minimum atomic E-state index is 0.521. The van der Waals surface area contributed by atoms with Gasteiger partial charge < -0.3 is 4.90 Å². The fourth-order valence-electron chi connectivity index (χ4n) is 2.03. The summed E-state index contributed by atoms with van der Waals surface area (Å²) in [6, 6.07) is 4.16. The molecular formula is C14H19BrN4. The summed E-state index contributed by atoms with van der Waals surface area (Å²) in [6.45, 7) is 5.99. The summed E-state index contributed by atoms with van der Waals surface area (Å²) >= 11 is 3.47. The van der Waals surface area contributed by atoms with E-state index < -0.39 is 0 Å². The lowest BCUT2D eigenvalue weighted by molar-refractivity contribution is 0.605. The first kappa shape index (κ1) is 14.3. The van der Waals surface area contributed by atoms with Gasteiger partial charge in [-0.05, 0) is 34.7 Å². The molecule has 1 aromatic rings. The number of halogens is 1. The van der Waals surface area contributed by atoms with Crippen molar-refractivity contribution in [1.82, 2.24) is 9.97 Å². The standard InChI is InChI=1S/C14H19BrN4/c1-10(2)9-19(7-3-6-16)13-8-12(15)17-14(18-13)11-4-5-11/h8,10-11H,3-5,7,9H2,1-2H3. The third kappa shape index (κ3) is 4.17. The molecule has 1 aliphatic rings. The molecule has 1 fully saturated rings. The van der Waals surface area contributed by atoms with Crippen LogP contribution in [0.25, 0.3) is 0 Å². The van der Waals surface area contributed by atoms with E-state index in [0.717, 1.165) is 29.3 Å². The van der Waals surface area contributed by atoms with Crippen molar-refractivity contribution in [3.8, 4) is 6.07 Å². The van der Waals surface area contributed by atoms with Crippen molar-refractivity contribution >= 4 is 21.7 Å². The maximum absolute atomic E-state index is 8.78. The van der Waals surface area contributed by atoms with Crippen molar-refractivity contribution in [2.24, 2.45) is 5.92 Å². The molecule has 2 rings (SSSR count). The summed E-state index contributed by atoms with van der Waals surface area (Å²) in [5.41, 5.74) is 0. The predicted octanol–water partition coefficient (Wildman–Crippen LogP) is 3.49. The predicted molar refractivity (Wildman–Crippen MR) is 79.0 cm³/mol. The molecule has 0 aliphatic heterocycles. The topological polar surface area (TPSA) is 52.8 Å². The van der Waals surface area contributed by atoms with Crippen LogP contribution >= 0.6 is 15.9 Å². The summed E-state index contributed by atoms with van der Waals surface area (Å²) in [5.74, 6) is 2.95. The summed E-state index contributed by atoms with van der Waals surface area (Å²) in [6.07, 6.45) is 2.91. The molecule has 0 atom stereocenters. The van der Waals surface area contributed by atoms with Gasteiger partial charge >= 0.3 is 0 Å². The number of anilines is 1. The average Bonchev–Trinajstić information content (AvgIpc) is 3.17. The van der Waals surface area contributed by atoms with Crippen molar-refractivity contribution in [2.75, 3.05) is 18.0 Å². The number of nitrogens with zero attached hydrogens (tertiary/aromatic N) is 4. The lowest BCUT2D eigenvalue weighted by Crippen LogP contribution is -2.29. The Morgan fingerprint density at radius 1 is 1.47 bits per heavy atom. The zero-order chi connectivity index (χ0) is 13.8. The van der Waals surface area contributed by atoms with E-state index in [-0.39, 0.29) is 0 Å². The van der Waals surface area contributed by atoms with Gasteiger partial charge in [0.1, 0.15) is 16.2 Å². The molecule has 0 spiro atoms. The van der Waals surface area contributed by atoms with Crippen LogP contribution in [0.15, 0.2) is 10.7 Å². The first-order valence-corrected chi connectivity index (χ1v) is 7.56. The van der Waals surface area contributed by atoms with Gasteiger partial charge in [0.25, 0.3) is 0 Å². The van der Waals surface area contributed by atoms with Crippen molar-refractivity contribution in [3.05, 3.63) is 16.5 Å². The Bertz CT molecular complexity index is 477. The Labute approximate surface area is 123 Å². The highest BCUT2D eigenvalue weighted by atomic mass is 79.9. The molecule has 102 valence electrons. The highest BCUT2D eigenvalue weighted by Crippen LogP contribution is 2.39. The normalized spacial score (nSPS) is 14.5. The van der Waals surface area contributed by atoms with Gasteiger partial charge in [-0.2, -0.15) is 5.26 Å². The maximum atomic E-state index is 8.78. The average molecular weight is 323 g/mol. The molecule has 0 radical (unpaired) electrons. The van der Waals surface area contributed by atoms with Crippen LogP contribution in [0.3, 0.4) is 0 Å². The summed E-state index contributed by atoms with van der Waals surface area (Å²) in [5, 5.41) is 8.78. The molecule has 4 nitrogen and oxygen atoms in total. The second-order valence-corrected chi connectivity index (χ2v) is 6.24. The molecule has 1 aliphatic carbocycles. The summed E-state index contributed by atoms with van der Waals surface area (Å²) < 4.78 is 0.838. The first-order valence-electron chi connectivity index (χ1n) is 6.76. The van der Waals surface area contributed by atoms with E-state index in [2.05, 4.69) is 50.7 Å². The van der Waals surface area contributed by atoms with Crippen LogP contribution in [0, 0.1) is 17.2 Å². The molecule has 1 aromatic heterocycles. The first-order chi connectivity index (χ1) is 9.10. The summed E-state index contributed by atoms with van der Waals surface area (Å²) in [4.78, 5) is 11.3. The van der Waals surface area contributed by atoms with Gasteiger partial charge in [0.05, 0.1) is 12.5 Å². The molecule has 1 saturated carbocycles. The van der Waals surface area contributed by atoms with E-state index in [1.54, 1.807) is 0 Å². The largest absolute Gasteiger partial charge is 0.355 e. The fraction of sp³-hybridized carbons (Fsp3) is 0.643. The number of aromatic nitrogens is 2. The number of hydrogen-bond donors (Lipinski definition) is 0. The molecule has 19 heavy (non-hydrogen) atoms. The second kappa shape index (κ2) is 6.33. The van der Waals surface area contributed by atoms with E-state index >= 15 is 0 Å². The number of hydrogen-bond acceptors (Lipinski definition) is 4. The minimum Gasteiger partial charge on any atom is -0.355 e. The molecule has 1 heterocycles. The molecular weight excluding hydrogens is 304 g/mol. The van der Waals surface area contributed by atoms with Crippen LogP contribution in [0.4, 0.5) is 5.82 Å². The van der Waals surface area contributed by atoms with Crippen LogP contribution in [0.1, 0.15) is 44.9 Å². The molecule has 0 amide bonds. The SMILES string of the molecule is CC(C)CN(CCC#N)c1cc(Br)nc(C2CC2)n1. The van der Waals surface area contributed by atoms with E-state index in [9.17, 15) is 0 Å². The van der Waals surface area contributed by atoms with Crippen molar-refractivity contribution < 1.29 is 0 Å².